The van der Waals surface area contributed by atoms with Crippen LogP contribution in [0.15, 0.2) is 34.9 Å². The molecule has 1 unspecified atom stereocenters. The van der Waals surface area contributed by atoms with Crippen molar-refractivity contribution in [1.82, 2.24) is 0 Å². The van der Waals surface area contributed by atoms with Gasteiger partial charge in [0.25, 0.3) is 0 Å². The third-order valence-electron chi connectivity index (χ3n) is 10.2. The number of aliphatic hydroxyl groups excluding tert-OH is 1. The van der Waals surface area contributed by atoms with E-state index in [1.807, 2.05) is 19.9 Å². The highest BCUT2D eigenvalue weighted by atomic mass is 16.5. The first-order valence-electron chi connectivity index (χ1n) is 13.5. The molecule has 6 N–H and O–H groups in total. The van der Waals surface area contributed by atoms with Crippen LogP contribution < -0.4 is 11.5 Å². The van der Waals surface area contributed by atoms with Gasteiger partial charge in [0.15, 0.2) is 0 Å². The van der Waals surface area contributed by atoms with Crippen molar-refractivity contribution >= 4 is 11.9 Å². The highest BCUT2D eigenvalue weighted by Gasteiger charge is 2.65. The number of fused-ring (bicyclic) bond motifs is 5. The molecule has 0 aromatic rings. The smallest absolute Gasteiger partial charge is 0.335 e. The molecule has 0 spiro atoms. The molecule has 4 aliphatic rings. The predicted octanol–water partition coefficient (Wildman–Crippen LogP) is 3.71. The second-order valence-corrected chi connectivity index (χ2v) is 12.5. The summed E-state index contributed by atoms with van der Waals surface area (Å²) in [7, 11) is 0. The first-order valence-corrected chi connectivity index (χ1v) is 13.5. The van der Waals surface area contributed by atoms with Crippen LogP contribution in [0.25, 0.3) is 0 Å². The van der Waals surface area contributed by atoms with Gasteiger partial charge in [-0.2, -0.15) is 0 Å². The second-order valence-electron chi connectivity index (χ2n) is 12.5. The zero-order valence-electron chi connectivity index (χ0n) is 22.4. The normalized spacial score (nSPS) is 45.3. The Morgan fingerprint density at radius 3 is 2.31 bits per heavy atom. The Morgan fingerprint density at radius 1 is 1.03 bits per heavy atom. The van der Waals surface area contributed by atoms with Crippen molar-refractivity contribution in [2.75, 3.05) is 0 Å². The molecule has 7 nitrogen and oxygen atoms in total. The van der Waals surface area contributed by atoms with Gasteiger partial charge >= 0.3 is 11.9 Å². The standard InChI is InChI=1S/C29H44N2O5/c1-15(2)7-6-8-17(27(34)35)24-23(36-16(3)32)14-29(5)18-9-10-19-26(31)22(33)11-12-28(19,4)20(18)13-21(30)25(24)29/h6-8,18-23,25-26,33H,9-14,30-31H2,1-5H3,(H,34,35)/b8-6+,24-17+/t18?,19-,20+,21-,22+,23-,25-,26-,28-,29+/m0/s1. The summed E-state index contributed by atoms with van der Waals surface area (Å²) in [5.74, 6) is -0.727. The first-order chi connectivity index (χ1) is 16.8. The summed E-state index contributed by atoms with van der Waals surface area (Å²) >= 11 is 0. The molecule has 200 valence electrons. The molecular weight excluding hydrogens is 456 g/mol. The van der Waals surface area contributed by atoms with Gasteiger partial charge in [-0.05, 0) is 92.6 Å². The Morgan fingerprint density at radius 2 is 1.69 bits per heavy atom. The van der Waals surface area contributed by atoms with Crippen LogP contribution >= 0.6 is 0 Å². The lowest BCUT2D eigenvalue weighted by Gasteiger charge is -2.63. The van der Waals surface area contributed by atoms with Crippen LogP contribution in [0, 0.1) is 34.5 Å². The van der Waals surface area contributed by atoms with Crippen LogP contribution in [0.4, 0.5) is 0 Å². The minimum absolute atomic E-state index is 0.0183. The Labute approximate surface area is 215 Å². The van der Waals surface area contributed by atoms with Gasteiger partial charge in [0, 0.05) is 24.9 Å². The zero-order chi connectivity index (χ0) is 26.6. The summed E-state index contributed by atoms with van der Waals surface area (Å²) in [6.07, 6.45) is 9.07. The molecule has 7 heteroatoms. The minimum atomic E-state index is -1.03. The lowest BCUT2D eigenvalue weighted by molar-refractivity contribution is -0.149. The first kappa shape index (κ1) is 27.1. The van der Waals surface area contributed by atoms with Gasteiger partial charge in [-0.1, -0.05) is 31.6 Å². The number of carboxylic acid groups (broad SMARTS) is 1. The number of rotatable bonds is 4. The number of carbonyl (C=O) groups excluding carboxylic acids is 1. The van der Waals surface area contributed by atoms with Crippen molar-refractivity contribution in [2.24, 2.45) is 46.0 Å². The molecule has 0 aliphatic heterocycles. The number of carboxylic acids is 1. The predicted molar refractivity (Wildman–Crippen MR) is 139 cm³/mol. The minimum Gasteiger partial charge on any atom is -0.478 e. The van der Waals surface area contributed by atoms with Crippen LogP contribution in [-0.4, -0.2) is 46.4 Å². The average molecular weight is 501 g/mol. The number of aliphatic hydroxyl groups is 1. The van der Waals surface area contributed by atoms with Gasteiger partial charge in [0.05, 0.1) is 11.7 Å². The summed E-state index contributed by atoms with van der Waals surface area (Å²) in [6.45, 7) is 9.85. The van der Waals surface area contributed by atoms with Crippen molar-refractivity contribution in [1.29, 1.82) is 0 Å². The Hall–Kier alpha value is -1.96. The Kier molecular flexibility index (Phi) is 7.32. The molecule has 0 aromatic carbocycles. The van der Waals surface area contributed by atoms with Gasteiger partial charge in [-0.3, -0.25) is 4.79 Å². The highest BCUT2D eigenvalue weighted by Crippen LogP contribution is 2.68. The number of hydrogen-bond donors (Lipinski definition) is 4. The molecule has 4 saturated carbocycles. The van der Waals surface area contributed by atoms with Gasteiger partial charge in [0.2, 0.25) is 0 Å². The van der Waals surface area contributed by atoms with Gasteiger partial charge < -0.3 is 26.4 Å². The van der Waals surface area contributed by atoms with Crippen LogP contribution in [0.1, 0.15) is 73.1 Å². The number of nitrogens with two attached hydrogens (primary N) is 2. The van der Waals surface area contributed by atoms with Gasteiger partial charge in [0.1, 0.15) is 6.10 Å². The van der Waals surface area contributed by atoms with Crippen molar-refractivity contribution in [3.8, 4) is 0 Å². The molecule has 4 rings (SSSR count). The third kappa shape index (κ3) is 4.37. The number of aliphatic carboxylic acids is 1. The molecule has 0 heterocycles. The second kappa shape index (κ2) is 9.73. The number of ether oxygens (including phenoxy) is 1. The fourth-order valence-corrected chi connectivity index (χ4v) is 8.77. The summed E-state index contributed by atoms with van der Waals surface area (Å²) in [4.78, 5) is 24.7. The van der Waals surface area contributed by atoms with Gasteiger partial charge in [-0.25, -0.2) is 4.79 Å². The molecule has 0 radical (unpaired) electrons. The molecule has 4 fully saturated rings. The van der Waals surface area contributed by atoms with E-state index in [1.165, 1.54) is 6.92 Å². The molecule has 0 amide bonds. The Balaban J connectivity index is 1.81. The van der Waals surface area contributed by atoms with E-state index in [0.717, 1.165) is 31.3 Å². The largest absolute Gasteiger partial charge is 0.478 e. The van der Waals surface area contributed by atoms with E-state index in [1.54, 1.807) is 12.2 Å². The molecule has 36 heavy (non-hydrogen) atoms. The lowest BCUT2D eigenvalue weighted by Crippen LogP contribution is -2.63. The molecule has 0 saturated heterocycles. The number of allylic oxidation sites excluding steroid dienone is 3. The summed E-state index contributed by atoms with van der Waals surface area (Å²) < 4.78 is 5.81. The molecular formula is C29H44N2O5. The maximum atomic E-state index is 12.5. The van der Waals surface area contributed by atoms with Crippen molar-refractivity contribution < 1.29 is 24.5 Å². The zero-order valence-corrected chi connectivity index (χ0v) is 22.4. The number of esters is 1. The van der Waals surface area contributed by atoms with E-state index in [0.29, 0.717) is 30.3 Å². The third-order valence-corrected chi connectivity index (χ3v) is 10.2. The van der Waals surface area contributed by atoms with Crippen LogP contribution in [0.3, 0.4) is 0 Å². The van der Waals surface area contributed by atoms with E-state index < -0.39 is 24.1 Å². The molecule has 10 atom stereocenters. The van der Waals surface area contributed by atoms with E-state index in [4.69, 9.17) is 16.2 Å². The highest BCUT2D eigenvalue weighted by molar-refractivity contribution is 5.91. The van der Waals surface area contributed by atoms with Crippen molar-refractivity contribution in [3.63, 3.8) is 0 Å². The van der Waals surface area contributed by atoms with E-state index >= 15 is 0 Å². The lowest BCUT2D eigenvalue weighted by atomic mass is 9.42. The summed E-state index contributed by atoms with van der Waals surface area (Å²) in [5, 5.41) is 20.7. The summed E-state index contributed by atoms with van der Waals surface area (Å²) in [6, 6.07) is -0.477. The maximum absolute atomic E-state index is 12.5. The maximum Gasteiger partial charge on any atom is 0.335 e. The number of carbonyl (C=O) groups is 2. The summed E-state index contributed by atoms with van der Waals surface area (Å²) in [5.41, 5.74) is 15.1. The van der Waals surface area contributed by atoms with E-state index in [-0.39, 0.29) is 40.3 Å². The Bertz CT molecular complexity index is 998. The molecule has 0 bridgehead atoms. The van der Waals surface area contributed by atoms with Crippen molar-refractivity contribution in [2.45, 2.75) is 97.4 Å². The fourth-order valence-electron chi connectivity index (χ4n) is 8.77. The van der Waals surface area contributed by atoms with Crippen LogP contribution in [0.2, 0.25) is 0 Å². The van der Waals surface area contributed by atoms with Crippen LogP contribution in [-0.2, 0) is 14.3 Å². The number of hydrogen-bond acceptors (Lipinski definition) is 6. The van der Waals surface area contributed by atoms with Gasteiger partial charge in [-0.15, -0.1) is 0 Å². The molecule has 4 aliphatic carbocycles. The average Bonchev–Trinajstić information content (AvgIpc) is 3.06. The molecule has 0 aromatic heterocycles. The van der Waals surface area contributed by atoms with E-state index in [9.17, 15) is 19.8 Å². The SMILES string of the molecule is CC(=O)O[C@H]1C[C@]2(C)C3CC[C@H]4[C@H](N)[C@H](O)CC[C@]4(C)[C@@H]3C[C@H](N)[C@H]2/C1=C(\C=C\C=C(C)C)C(=O)O. The monoisotopic (exact) mass is 500 g/mol. The topological polar surface area (TPSA) is 136 Å². The van der Waals surface area contributed by atoms with Crippen LogP contribution in [0.5, 0.6) is 0 Å². The van der Waals surface area contributed by atoms with Crippen molar-refractivity contribution in [3.05, 3.63) is 34.9 Å². The quantitative estimate of drug-likeness (QED) is 0.262. The van der Waals surface area contributed by atoms with E-state index in [2.05, 4.69) is 13.8 Å². The fraction of sp³-hybridized carbons (Fsp3) is 0.724.